The van der Waals surface area contributed by atoms with E-state index in [0.717, 1.165) is 18.7 Å². The summed E-state index contributed by atoms with van der Waals surface area (Å²) in [6.07, 6.45) is 0.965. The molecule has 2 aromatic rings. The number of benzene rings is 1. The monoisotopic (exact) mass is 370 g/mol. The highest BCUT2D eigenvalue weighted by Gasteiger charge is 2.27. The number of carbonyl (C=O) groups is 1. The van der Waals surface area contributed by atoms with Gasteiger partial charge in [-0.2, -0.15) is 5.10 Å². The molecule has 0 saturated heterocycles. The Labute approximate surface area is 161 Å². The third-order valence-electron chi connectivity index (χ3n) is 5.22. The first kappa shape index (κ1) is 19.6. The van der Waals surface area contributed by atoms with E-state index in [4.69, 9.17) is 4.74 Å². The van der Waals surface area contributed by atoms with Gasteiger partial charge in [-0.1, -0.05) is 24.3 Å². The lowest BCUT2D eigenvalue weighted by molar-refractivity contribution is 0.0716. The van der Waals surface area contributed by atoms with Crippen molar-refractivity contribution in [3.63, 3.8) is 0 Å². The number of rotatable bonds is 7. The van der Waals surface area contributed by atoms with Crippen molar-refractivity contribution in [2.75, 3.05) is 33.9 Å². The van der Waals surface area contributed by atoms with Gasteiger partial charge in [0, 0.05) is 32.8 Å². The zero-order valence-electron chi connectivity index (χ0n) is 16.8. The van der Waals surface area contributed by atoms with Gasteiger partial charge in [0.05, 0.1) is 18.8 Å². The van der Waals surface area contributed by atoms with E-state index in [1.807, 2.05) is 31.9 Å². The van der Waals surface area contributed by atoms with Crippen LogP contribution in [-0.4, -0.2) is 65.4 Å². The molecule has 0 bridgehead atoms. The maximum absolute atomic E-state index is 13.0. The van der Waals surface area contributed by atoms with Gasteiger partial charge in [-0.05, 0) is 44.5 Å². The van der Waals surface area contributed by atoms with Gasteiger partial charge in [0.25, 0.3) is 5.91 Å². The Morgan fingerprint density at radius 3 is 2.81 bits per heavy atom. The number of hydrogen-bond donors (Lipinski definition) is 0. The Balaban J connectivity index is 1.68. The first-order valence-corrected chi connectivity index (χ1v) is 9.64. The van der Waals surface area contributed by atoms with Gasteiger partial charge >= 0.3 is 0 Å². The maximum Gasteiger partial charge on any atom is 0.271 e. The Bertz CT molecular complexity index is 786. The second kappa shape index (κ2) is 8.67. The lowest BCUT2D eigenvalue weighted by Crippen LogP contribution is -2.46. The summed E-state index contributed by atoms with van der Waals surface area (Å²) in [5.74, 6) is 0.0133. The molecule has 1 aliphatic rings. The Morgan fingerprint density at radius 1 is 1.33 bits per heavy atom. The van der Waals surface area contributed by atoms with Gasteiger partial charge in [-0.25, -0.2) is 0 Å². The van der Waals surface area contributed by atoms with Crippen LogP contribution in [0.4, 0.5) is 0 Å². The van der Waals surface area contributed by atoms with Crippen LogP contribution in [0.3, 0.4) is 0 Å². The molecule has 1 amide bonds. The van der Waals surface area contributed by atoms with Gasteiger partial charge < -0.3 is 9.64 Å². The minimum Gasteiger partial charge on any atom is -0.380 e. The molecular formula is C21H30N4O2. The number of likely N-dealkylation sites (N-methyl/N-ethyl adjacent to an activating group) is 2. The number of ether oxygens (including phenoxy) is 1. The zero-order chi connectivity index (χ0) is 19.4. The molecule has 1 aromatic heterocycles. The minimum absolute atomic E-state index is 0.0133. The summed E-state index contributed by atoms with van der Waals surface area (Å²) in [5.41, 5.74) is 4.26. The summed E-state index contributed by atoms with van der Waals surface area (Å²) in [6.45, 7) is 7.32. The molecule has 0 N–H and O–H groups in total. The molecule has 0 aliphatic carbocycles. The highest BCUT2D eigenvalue weighted by Crippen LogP contribution is 2.22. The van der Waals surface area contributed by atoms with Crippen LogP contribution < -0.4 is 0 Å². The van der Waals surface area contributed by atoms with Crippen molar-refractivity contribution in [2.24, 2.45) is 0 Å². The number of aromatic nitrogens is 2. The third kappa shape index (κ3) is 4.57. The molecule has 2 heterocycles. The lowest BCUT2D eigenvalue weighted by atomic mass is 9.94. The molecule has 146 valence electrons. The fourth-order valence-corrected chi connectivity index (χ4v) is 3.70. The quantitative estimate of drug-likeness (QED) is 0.702. The standard InChI is InChI=1S/C21H30N4O2/c1-5-27-11-10-25-20(12-16(2)22-25)21(26)24(4)15-19-13-17-8-6-7-9-18(17)14-23(19)3/h6-9,12,19H,5,10-11,13-15H2,1-4H3. The van der Waals surface area contributed by atoms with Crippen molar-refractivity contribution < 1.29 is 9.53 Å². The predicted molar refractivity (Wildman–Crippen MR) is 106 cm³/mol. The predicted octanol–water partition coefficient (Wildman–Crippen LogP) is 2.36. The molecule has 1 unspecified atom stereocenters. The van der Waals surface area contributed by atoms with Crippen molar-refractivity contribution >= 4 is 5.91 Å². The molecule has 0 spiro atoms. The molecule has 1 aromatic carbocycles. The molecule has 6 nitrogen and oxygen atoms in total. The summed E-state index contributed by atoms with van der Waals surface area (Å²) >= 11 is 0. The molecule has 3 rings (SSSR count). The second-order valence-corrected chi connectivity index (χ2v) is 7.32. The normalized spacial score (nSPS) is 17.0. The number of fused-ring (bicyclic) bond motifs is 1. The average molecular weight is 370 g/mol. The van der Waals surface area contributed by atoms with E-state index in [1.54, 1.807) is 4.68 Å². The Kier molecular flexibility index (Phi) is 6.29. The van der Waals surface area contributed by atoms with E-state index >= 15 is 0 Å². The molecule has 1 atom stereocenters. The van der Waals surface area contributed by atoms with E-state index in [0.29, 0.717) is 38.0 Å². The number of amides is 1. The van der Waals surface area contributed by atoms with E-state index < -0.39 is 0 Å². The molecule has 0 saturated carbocycles. The van der Waals surface area contributed by atoms with Gasteiger partial charge in [0.1, 0.15) is 5.69 Å². The highest BCUT2D eigenvalue weighted by molar-refractivity contribution is 5.92. The SMILES string of the molecule is CCOCCn1nc(C)cc1C(=O)N(C)CC1Cc2ccccc2CN1C. The first-order chi connectivity index (χ1) is 13.0. The van der Waals surface area contributed by atoms with Crippen molar-refractivity contribution in [1.82, 2.24) is 19.6 Å². The Morgan fingerprint density at radius 2 is 2.07 bits per heavy atom. The zero-order valence-corrected chi connectivity index (χ0v) is 16.8. The van der Waals surface area contributed by atoms with E-state index in [2.05, 4.69) is 41.3 Å². The maximum atomic E-state index is 13.0. The highest BCUT2D eigenvalue weighted by atomic mass is 16.5. The molecule has 6 heteroatoms. The first-order valence-electron chi connectivity index (χ1n) is 9.64. The number of nitrogens with zero attached hydrogens (tertiary/aromatic N) is 4. The number of hydrogen-bond acceptors (Lipinski definition) is 4. The van der Waals surface area contributed by atoms with Crippen LogP contribution in [0.5, 0.6) is 0 Å². The average Bonchev–Trinajstić information content (AvgIpc) is 3.02. The van der Waals surface area contributed by atoms with Crippen LogP contribution in [0.1, 0.15) is 34.2 Å². The van der Waals surface area contributed by atoms with Crippen LogP contribution in [0.25, 0.3) is 0 Å². The summed E-state index contributed by atoms with van der Waals surface area (Å²) in [6, 6.07) is 10.8. The fraction of sp³-hybridized carbons (Fsp3) is 0.524. The van der Waals surface area contributed by atoms with Gasteiger partial charge in [0.15, 0.2) is 0 Å². The smallest absolute Gasteiger partial charge is 0.271 e. The Hall–Kier alpha value is -2.18. The summed E-state index contributed by atoms with van der Waals surface area (Å²) < 4.78 is 7.19. The molecule has 0 fully saturated rings. The van der Waals surface area contributed by atoms with Crippen LogP contribution in [0, 0.1) is 6.92 Å². The topological polar surface area (TPSA) is 50.6 Å². The van der Waals surface area contributed by atoms with Crippen molar-refractivity contribution in [2.45, 2.75) is 39.4 Å². The third-order valence-corrected chi connectivity index (χ3v) is 5.22. The van der Waals surface area contributed by atoms with E-state index in [1.165, 1.54) is 11.1 Å². The van der Waals surface area contributed by atoms with Crippen molar-refractivity contribution in [3.8, 4) is 0 Å². The molecule has 27 heavy (non-hydrogen) atoms. The van der Waals surface area contributed by atoms with Crippen LogP contribution in [0.2, 0.25) is 0 Å². The summed E-state index contributed by atoms with van der Waals surface area (Å²) in [5, 5.41) is 4.46. The largest absolute Gasteiger partial charge is 0.380 e. The van der Waals surface area contributed by atoms with Gasteiger partial charge in [-0.15, -0.1) is 0 Å². The van der Waals surface area contributed by atoms with E-state index in [-0.39, 0.29) is 5.91 Å². The number of aryl methyl sites for hydroxylation is 1. The summed E-state index contributed by atoms with van der Waals surface area (Å²) in [7, 11) is 4.02. The molecule has 0 radical (unpaired) electrons. The molecular weight excluding hydrogens is 340 g/mol. The molecule has 1 aliphatic heterocycles. The van der Waals surface area contributed by atoms with Crippen LogP contribution in [-0.2, 0) is 24.2 Å². The van der Waals surface area contributed by atoms with Gasteiger partial charge in [0.2, 0.25) is 0 Å². The second-order valence-electron chi connectivity index (χ2n) is 7.32. The van der Waals surface area contributed by atoms with Gasteiger partial charge in [-0.3, -0.25) is 14.4 Å². The van der Waals surface area contributed by atoms with E-state index in [9.17, 15) is 4.79 Å². The van der Waals surface area contributed by atoms with Crippen LogP contribution >= 0.6 is 0 Å². The summed E-state index contributed by atoms with van der Waals surface area (Å²) in [4.78, 5) is 17.2. The van der Waals surface area contributed by atoms with Crippen molar-refractivity contribution in [1.29, 1.82) is 0 Å². The van der Waals surface area contributed by atoms with Crippen LogP contribution in [0.15, 0.2) is 30.3 Å². The lowest BCUT2D eigenvalue weighted by Gasteiger charge is -2.36. The minimum atomic E-state index is 0.0133. The van der Waals surface area contributed by atoms with Crippen molar-refractivity contribution in [3.05, 3.63) is 52.8 Å². The fourth-order valence-electron chi connectivity index (χ4n) is 3.70. The number of carbonyl (C=O) groups excluding carboxylic acids is 1.